The van der Waals surface area contributed by atoms with Crippen LogP contribution in [0.3, 0.4) is 0 Å². The molecule has 1 heterocycles. The highest BCUT2D eigenvalue weighted by molar-refractivity contribution is 7.89. The Labute approximate surface area is 163 Å². The van der Waals surface area contributed by atoms with Gasteiger partial charge in [0.1, 0.15) is 0 Å². The van der Waals surface area contributed by atoms with E-state index in [2.05, 4.69) is 5.32 Å². The summed E-state index contributed by atoms with van der Waals surface area (Å²) in [5.41, 5.74) is 1.03. The van der Waals surface area contributed by atoms with E-state index in [-0.39, 0.29) is 6.03 Å². The first-order valence-electron chi connectivity index (χ1n) is 10.1. The largest absolute Gasteiger partial charge is 0.338 e. The van der Waals surface area contributed by atoms with Gasteiger partial charge in [-0.15, -0.1) is 0 Å². The first-order chi connectivity index (χ1) is 13.0. The Morgan fingerprint density at radius 2 is 1.67 bits per heavy atom. The second-order valence-electron chi connectivity index (χ2n) is 7.73. The number of carbonyl (C=O) groups is 1. The van der Waals surface area contributed by atoms with Gasteiger partial charge in [0.05, 0.1) is 4.90 Å². The molecule has 1 aromatic rings. The number of carbonyl (C=O) groups excluding carboxylic acids is 1. The molecule has 0 unspecified atom stereocenters. The zero-order valence-corrected chi connectivity index (χ0v) is 17.0. The van der Waals surface area contributed by atoms with Crippen molar-refractivity contribution in [1.82, 2.24) is 14.5 Å². The molecular formula is C20H31N3O3S. The monoisotopic (exact) mass is 393 g/mol. The molecule has 150 valence electrons. The lowest BCUT2D eigenvalue weighted by Crippen LogP contribution is -2.53. The summed E-state index contributed by atoms with van der Waals surface area (Å²) < 4.78 is 26.9. The van der Waals surface area contributed by atoms with Crippen LogP contribution >= 0.6 is 0 Å². The van der Waals surface area contributed by atoms with E-state index in [0.29, 0.717) is 37.6 Å². The van der Waals surface area contributed by atoms with E-state index in [1.54, 1.807) is 17.0 Å². The summed E-state index contributed by atoms with van der Waals surface area (Å²) in [6.45, 7) is 4.19. The molecule has 27 heavy (non-hydrogen) atoms. The molecule has 1 aromatic carbocycles. The molecule has 0 radical (unpaired) electrons. The fourth-order valence-electron chi connectivity index (χ4n) is 3.96. The smallest absolute Gasteiger partial charge is 0.317 e. The van der Waals surface area contributed by atoms with Gasteiger partial charge in [-0.25, -0.2) is 13.2 Å². The van der Waals surface area contributed by atoms with E-state index in [1.807, 2.05) is 19.1 Å². The van der Waals surface area contributed by atoms with Gasteiger partial charge in [-0.2, -0.15) is 4.31 Å². The fraction of sp³-hybridized carbons (Fsp3) is 0.650. The number of piperazine rings is 1. The zero-order chi connectivity index (χ0) is 19.3. The molecule has 1 aliphatic carbocycles. The standard InChI is InChI=1S/C20H31N3O3S/c1-17-7-9-19(10-8-17)27(25,26)23-15-13-22(14-16-23)20(24)21-12-11-18-5-3-2-4-6-18/h7-10,18H,2-6,11-16H2,1H3,(H,21,24). The van der Waals surface area contributed by atoms with Crippen molar-refractivity contribution in [1.29, 1.82) is 0 Å². The molecule has 2 amide bonds. The zero-order valence-electron chi connectivity index (χ0n) is 16.2. The van der Waals surface area contributed by atoms with Gasteiger partial charge in [0.25, 0.3) is 0 Å². The molecule has 1 saturated heterocycles. The van der Waals surface area contributed by atoms with Crippen molar-refractivity contribution < 1.29 is 13.2 Å². The molecule has 0 spiro atoms. The molecule has 2 aliphatic rings. The van der Waals surface area contributed by atoms with Crippen molar-refractivity contribution in [2.24, 2.45) is 5.92 Å². The summed E-state index contributed by atoms with van der Waals surface area (Å²) in [4.78, 5) is 14.4. The predicted octanol–water partition coefficient (Wildman–Crippen LogP) is 2.98. The Hall–Kier alpha value is -1.60. The molecule has 1 N–H and O–H groups in total. The number of sulfonamides is 1. The number of hydrogen-bond donors (Lipinski definition) is 1. The molecule has 0 aromatic heterocycles. The van der Waals surface area contributed by atoms with Crippen LogP contribution < -0.4 is 5.32 Å². The number of benzene rings is 1. The Morgan fingerprint density at radius 3 is 2.30 bits per heavy atom. The summed E-state index contributed by atoms with van der Waals surface area (Å²) in [7, 11) is -3.48. The second-order valence-corrected chi connectivity index (χ2v) is 9.67. The summed E-state index contributed by atoms with van der Waals surface area (Å²) in [5, 5.41) is 3.01. The van der Waals surface area contributed by atoms with Gasteiger partial charge < -0.3 is 10.2 Å². The van der Waals surface area contributed by atoms with E-state index in [4.69, 9.17) is 0 Å². The van der Waals surface area contributed by atoms with Crippen molar-refractivity contribution >= 4 is 16.1 Å². The van der Waals surface area contributed by atoms with E-state index in [1.165, 1.54) is 36.4 Å². The molecule has 1 saturated carbocycles. The third-order valence-corrected chi connectivity index (χ3v) is 7.65. The summed E-state index contributed by atoms with van der Waals surface area (Å²) in [6.07, 6.45) is 7.59. The van der Waals surface area contributed by atoms with Gasteiger partial charge in [-0.05, 0) is 31.4 Å². The number of hydrogen-bond acceptors (Lipinski definition) is 3. The molecule has 0 atom stereocenters. The molecule has 7 heteroatoms. The lowest BCUT2D eigenvalue weighted by atomic mass is 9.87. The van der Waals surface area contributed by atoms with Crippen LogP contribution in [-0.2, 0) is 10.0 Å². The van der Waals surface area contributed by atoms with Crippen molar-refractivity contribution in [3.05, 3.63) is 29.8 Å². The number of rotatable bonds is 5. The Bertz CT molecular complexity index is 719. The maximum absolute atomic E-state index is 12.7. The van der Waals surface area contributed by atoms with Crippen LogP contribution in [0.4, 0.5) is 4.79 Å². The van der Waals surface area contributed by atoms with Gasteiger partial charge >= 0.3 is 6.03 Å². The van der Waals surface area contributed by atoms with Crippen LogP contribution in [0.25, 0.3) is 0 Å². The number of aryl methyl sites for hydroxylation is 1. The Balaban J connectivity index is 1.45. The number of urea groups is 1. The first kappa shape index (κ1) is 20.1. The highest BCUT2D eigenvalue weighted by atomic mass is 32.2. The van der Waals surface area contributed by atoms with Crippen molar-refractivity contribution in [3.8, 4) is 0 Å². The molecule has 1 aliphatic heterocycles. The molecular weight excluding hydrogens is 362 g/mol. The topological polar surface area (TPSA) is 69.7 Å². The van der Waals surface area contributed by atoms with Crippen LogP contribution in [-0.4, -0.2) is 56.4 Å². The number of amides is 2. The van der Waals surface area contributed by atoms with Crippen molar-refractivity contribution in [2.45, 2.75) is 50.3 Å². The lowest BCUT2D eigenvalue weighted by molar-refractivity contribution is 0.171. The SMILES string of the molecule is Cc1ccc(S(=O)(=O)N2CCN(C(=O)NCCC3CCCCC3)CC2)cc1. The minimum absolute atomic E-state index is 0.0711. The maximum atomic E-state index is 12.7. The highest BCUT2D eigenvalue weighted by Crippen LogP contribution is 2.25. The van der Waals surface area contributed by atoms with Crippen LogP contribution in [0.1, 0.15) is 44.1 Å². The van der Waals surface area contributed by atoms with E-state index >= 15 is 0 Å². The predicted molar refractivity (Wildman–Crippen MR) is 106 cm³/mol. The van der Waals surface area contributed by atoms with Crippen LogP contribution in [0.2, 0.25) is 0 Å². The molecule has 2 fully saturated rings. The Kier molecular flexibility index (Phi) is 6.76. The van der Waals surface area contributed by atoms with Crippen LogP contribution in [0.5, 0.6) is 0 Å². The van der Waals surface area contributed by atoms with Gasteiger partial charge in [0.2, 0.25) is 10.0 Å². The summed E-state index contributed by atoms with van der Waals surface area (Å²) in [5.74, 6) is 0.746. The van der Waals surface area contributed by atoms with Crippen LogP contribution in [0, 0.1) is 12.8 Å². The van der Waals surface area contributed by atoms with Gasteiger partial charge in [0, 0.05) is 32.7 Å². The first-order valence-corrected chi connectivity index (χ1v) is 11.5. The number of nitrogens with zero attached hydrogens (tertiary/aromatic N) is 2. The molecule has 0 bridgehead atoms. The molecule has 3 rings (SSSR count). The summed E-state index contributed by atoms with van der Waals surface area (Å²) >= 11 is 0. The van der Waals surface area contributed by atoms with E-state index in [0.717, 1.165) is 17.9 Å². The van der Waals surface area contributed by atoms with Gasteiger partial charge in [0.15, 0.2) is 0 Å². The van der Waals surface area contributed by atoms with Crippen LogP contribution in [0.15, 0.2) is 29.2 Å². The minimum atomic E-state index is -3.48. The molecule has 6 nitrogen and oxygen atoms in total. The maximum Gasteiger partial charge on any atom is 0.317 e. The van der Waals surface area contributed by atoms with E-state index < -0.39 is 10.0 Å². The van der Waals surface area contributed by atoms with Gasteiger partial charge in [-0.3, -0.25) is 0 Å². The highest BCUT2D eigenvalue weighted by Gasteiger charge is 2.30. The van der Waals surface area contributed by atoms with Gasteiger partial charge in [-0.1, -0.05) is 49.8 Å². The third-order valence-electron chi connectivity index (χ3n) is 5.74. The average molecular weight is 394 g/mol. The second kappa shape index (κ2) is 9.06. The fourth-order valence-corrected chi connectivity index (χ4v) is 5.38. The minimum Gasteiger partial charge on any atom is -0.338 e. The Morgan fingerprint density at radius 1 is 1.04 bits per heavy atom. The number of nitrogens with one attached hydrogen (secondary N) is 1. The normalized spacial score (nSPS) is 19.8. The van der Waals surface area contributed by atoms with E-state index in [9.17, 15) is 13.2 Å². The summed E-state index contributed by atoms with van der Waals surface area (Å²) in [6, 6.07) is 6.84. The van der Waals surface area contributed by atoms with Crippen molar-refractivity contribution in [3.63, 3.8) is 0 Å². The quantitative estimate of drug-likeness (QED) is 0.836. The third kappa shape index (κ3) is 5.23. The lowest BCUT2D eigenvalue weighted by Gasteiger charge is -2.34. The average Bonchev–Trinajstić information content (AvgIpc) is 2.69. The van der Waals surface area contributed by atoms with Crippen molar-refractivity contribution in [2.75, 3.05) is 32.7 Å².